The van der Waals surface area contributed by atoms with Crippen molar-refractivity contribution in [3.63, 3.8) is 0 Å². The molecule has 3 rings (SSSR count). The maximum Gasteiger partial charge on any atom is 0.339 e. The van der Waals surface area contributed by atoms with Gasteiger partial charge in [-0.15, -0.1) is 0 Å². The van der Waals surface area contributed by atoms with E-state index in [1.54, 1.807) is 24.4 Å². The van der Waals surface area contributed by atoms with Gasteiger partial charge in [0.1, 0.15) is 23.7 Å². The number of nitrogens with zero attached hydrogens (tertiary/aromatic N) is 1. The van der Waals surface area contributed by atoms with Gasteiger partial charge in [0.15, 0.2) is 0 Å². The van der Waals surface area contributed by atoms with E-state index in [-0.39, 0.29) is 17.9 Å². The first-order chi connectivity index (χ1) is 12.0. The molecule has 0 amide bonds. The number of esters is 1. The summed E-state index contributed by atoms with van der Waals surface area (Å²) < 4.78 is 10.9. The van der Waals surface area contributed by atoms with Crippen LogP contribution in [0.1, 0.15) is 23.0 Å². The van der Waals surface area contributed by atoms with E-state index in [9.17, 15) is 14.7 Å². The molecule has 126 valence electrons. The lowest BCUT2D eigenvalue weighted by Gasteiger charge is -2.12. The molecular formula is C19H15NO5. The number of pyridine rings is 1. The number of fused-ring (bicyclic) bond motifs is 1. The molecule has 0 spiro atoms. The number of carboxylic acid groups (broad SMARTS) is 1. The molecule has 0 saturated carbocycles. The fourth-order valence-corrected chi connectivity index (χ4v) is 2.44. The Labute approximate surface area is 143 Å². The van der Waals surface area contributed by atoms with Crippen molar-refractivity contribution < 1.29 is 24.2 Å². The predicted octanol–water partition coefficient (Wildman–Crippen LogP) is 3.44. The summed E-state index contributed by atoms with van der Waals surface area (Å²) in [6.45, 7) is 1.49. The summed E-state index contributed by atoms with van der Waals surface area (Å²) in [5.41, 5.74) is 0.687. The molecule has 1 heterocycles. The molecule has 2 aromatic carbocycles. The van der Waals surface area contributed by atoms with Crippen LogP contribution in [-0.4, -0.2) is 22.0 Å². The Morgan fingerprint density at radius 1 is 1.08 bits per heavy atom. The minimum atomic E-state index is -1.17. The van der Waals surface area contributed by atoms with Gasteiger partial charge in [-0.1, -0.05) is 18.2 Å². The fraction of sp³-hybridized carbons (Fsp3) is 0.105. The number of benzene rings is 2. The molecule has 0 aliphatic rings. The molecule has 3 aromatic rings. The molecule has 0 unspecified atom stereocenters. The molecule has 0 atom stereocenters. The van der Waals surface area contributed by atoms with Crippen molar-refractivity contribution in [2.45, 2.75) is 13.5 Å². The Balaban J connectivity index is 2.01. The summed E-state index contributed by atoms with van der Waals surface area (Å²) >= 11 is 0. The average molecular weight is 337 g/mol. The zero-order valence-electron chi connectivity index (χ0n) is 13.4. The molecule has 0 fully saturated rings. The van der Waals surface area contributed by atoms with Crippen molar-refractivity contribution in [3.8, 4) is 11.5 Å². The zero-order chi connectivity index (χ0) is 17.8. The maximum atomic E-state index is 11.4. The van der Waals surface area contributed by atoms with E-state index in [0.29, 0.717) is 16.5 Å². The summed E-state index contributed by atoms with van der Waals surface area (Å²) in [4.78, 5) is 26.9. The summed E-state index contributed by atoms with van der Waals surface area (Å²) in [5.74, 6) is -1.22. The lowest BCUT2D eigenvalue weighted by atomic mass is 10.0. The SMILES string of the molecule is CC(=O)Oc1cc2c(OCc3ccccn3)cccc2cc1C(=O)O. The topological polar surface area (TPSA) is 85.7 Å². The van der Waals surface area contributed by atoms with Gasteiger partial charge in [0, 0.05) is 18.5 Å². The van der Waals surface area contributed by atoms with E-state index in [1.165, 1.54) is 19.1 Å². The molecule has 25 heavy (non-hydrogen) atoms. The number of aromatic carboxylic acids is 1. The second-order valence-corrected chi connectivity index (χ2v) is 5.33. The molecule has 0 saturated heterocycles. The molecule has 0 aliphatic carbocycles. The summed E-state index contributed by atoms with van der Waals surface area (Å²) in [5, 5.41) is 10.7. The molecule has 0 radical (unpaired) electrons. The van der Waals surface area contributed by atoms with Gasteiger partial charge in [-0.25, -0.2) is 4.79 Å². The highest BCUT2D eigenvalue weighted by molar-refractivity contribution is 6.00. The van der Waals surface area contributed by atoms with Crippen molar-refractivity contribution >= 4 is 22.7 Å². The van der Waals surface area contributed by atoms with Crippen molar-refractivity contribution in [2.75, 3.05) is 0 Å². The number of aromatic nitrogens is 1. The lowest BCUT2D eigenvalue weighted by molar-refractivity contribution is -0.131. The fourth-order valence-electron chi connectivity index (χ4n) is 2.44. The Bertz CT molecular complexity index is 937. The Hall–Kier alpha value is -3.41. The molecule has 0 aliphatic heterocycles. The highest BCUT2D eigenvalue weighted by atomic mass is 16.5. The highest BCUT2D eigenvalue weighted by Crippen LogP contribution is 2.32. The van der Waals surface area contributed by atoms with Crippen LogP contribution in [0.2, 0.25) is 0 Å². The maximum absolute atomic E-state index is 11.4. The first-order valence-electron chi connectivity index (χ1n) is 7.56. The number of hydrogen-bond acceptors (Lipinski definition) is 5. The smallest absolute Gasteiger partial charge is 0.339 e. The standard InChI is InChI=1S/C19H15NO5/c1-12(21)25-18-10-15-13(9-16(18)19(22)23)5-4-7-17(15)24-11-14-6-2-3-8-20-14/h2-10H,11H2,1H3,(H,22,23). The first kappa shape index (κ1) is 16.4. The van der Waals surface area contributed by atoms with Crippen LogP contribution in [0.25, 0.3) is 10.8 Å². The van der Waals surface area contributed by atoms with E-state index in [1.807, 2.05) is 18.2 Å². The highest BCUT2D eigenvalue weighted by Gasteiger charge is 2.16. The van der Waals surface area contributed by atoms with Gasteiger partial charge in [-0.05, 0) is 35.7 Å². The number of carbonyl (C=O) groups excluding carboxylic acids is 1. The van der Waals surface area contributed by atoms with Crippen LogP contribution in [-0.2, 0) is 11.4 Å². The lowest BCUT2D eigenvalue weighted by Crippen LogP contribution is -2.07. The van der Waals surface area contributed by atoms with E-state index in [2.05, 4.69) is 4.98 Å². The van der Waals surface area contributed by atoms with Crippen LogP contribution >= 0.6 is 0 Å². The van der Waals surface area contributed by atoms with Crippen LogP contribution in [0, 0.1) is 0 Å². The third-order valence-corrected chi connectivity index (χ3v) is 3.53. The van der Waals surface area contributed by atoms with E-state index >= 15 is 0 Å². The molecule has 6 heteroatoms. The van der Waals surface area contributed by atoms with Gasteiger partial charge in [0.2, 0.25) is 0 Å². The van der Waals surface area contributed by atoms with E-state index < -0.39 is 11.9 Å². The minimum absolute atomic E-state index is 0.0126. The third-order valence-electron chi connectivity index (χ3n) is 3.53. The number of carbonyl (C=O) groups is 2. The Morgan fingerprint density at radius 3 is 2.60 bits per heavy atom. The zero-order valence-corrected chi connectivity index (χ0v) is 13.4. The number of hydrogen-bond donors (Lipinski definition) is 1. The second kappa shape index (κ2) is 7.00. The number of carboxylic acids is 1. The van der Waals surface area contributed by atoms with Crippen LogP contribution in [0.5, 0.6) is 11.5 Å². The number of ether oxygens (including phenoxy) is 2. The molecule has 1 aromatic heterocycles. The summed E-state index contributed by atoms with van der Waals surface area (Å²) in [6, 6.07) is 13.8. The predicted molar refractivity (Wildman–Crippen MR) is 90.8 cm³/mol. The van der Waals surface area contributed by atoms with Crippen molar-refractivity contribution in [1.82, 2.24) is 4.98 Å². The summed E-state index contributed by atoms with van der Waals surface area (Å²) in [7, 11) is 0. The molecule has 0 bridgehead atoms. The van der Waals surface area contributed by atoms with Gasteiger partial charge in [-0.2, -0.15) is 0 Å². The molecule has 1 N–H and O–H groups in total. The van der Waals surface area contributed by atoms with Crippen molar-refractivity contribution in [1.29, 1.82) is 0 Å². The Kier molecular flexibility index (Phi) is 4.61. The van der Waals surface area contributed by atoms with Crippen LogP contribution in [0.15, 0.2) is 54.7 Å². The minimum Gasteiger partial charge on any atom is -0.487 e. The monoisotopic (exact) mass is 337 g/mol. The second-order valence-electron chi connectivity index (χ2n) is 5.33. The summed E-state index contributed by atoms with van der Waals surface area (Å²) in [6.07, 6.45) is 1.68. The third kappa shape index (κ3) is 3.74. The first-order valence-corrected chi connectivity index (χ1v) is 7.56. The largest absolute Gasteiger partial charge is 0.487 e. The average Bonchev–Trinajstić information content (AvgIpc) is 2.59. The van der Waals surface area contributed by atoms with Gasteiger partial charge >= 0.3 is 11.9 Å². The Morgan fingerprint density at radius 2 is 1.92 bits per heavy atom. The van der Waals surface area contributed by atoms with Crippen molar-refractivity contribution in [3.05, 3.63) is 66.0 Å². The quantitative estimate of drug-likeness (QED) is 0.567. The van der Waals surface area contributed by atoms with Crippen LogP contribution in [0.4, 0.5) is 0 Å². The van der Waals surface area contributed by atoms with E-state index in [4.69, 9.17) is 9.47 Å². The number of rotatable bonds is 5. The molecular weight excluding hydrogens is 322 g/mol. The van der Waals surface area contributed by atoms with Crippen LogP contribution < -0.4 is 9.47 Å². The van der Waals surface area contributed by atoms with Gasteiger partial charge < -0.3 is 14.6 Å². The van der Waals surface area contributed by atoms with Gasteiger partial charge in [0.05, 0.1) is 5.69 Å². The van der Waals surface area contributed by atoms with Crippen molar-refractivity contribution in [2.24, 2.45) is 0 Å². The normalized spacial score (nSPS) is 10.4. The molecule has 6 nitrogen and oxygen atoms in total. The van der Waals surface area contributed by atoms with Gasteiger partial charge in [0.25, 0.3) is 0 Å². The van der Waals surface area contributed by atoms with Gasteiger partial charge in [-0.3, -0.25) is 9.78 Å². The van der Waals surface area contributed by atoms with E-state index in [0.717, 1.165) is 5.69 Å². The van der Waals surface area contributed by atoms with Crippen LogP contribution in [0.3, 0.4) is 0 Å².